The summed E-state index contributed by atoms with van der Waals surface area (Å²) in [6.07, 6.45) is 15.8. The molecular formula is C37H60F2N4O3. The Morgan fingerprint density at radius 2 is 1.80 bits per heavy atom. The highest BCUT2D eigenvalue weighted by Gasteiger charge is 2.44. The van der Waals surface area contributed by atoms with Crippen LogP contribution in [0.5, 0.6) is 0 Å². The Hall–Kier alpha value is -3.56. The molecule has 9 heteroatoms. The normalized spacial score (nSPS) is 17.0. The number of hydrogen-bond donors (Lipinski definition) is 2. The fourth-order valence-corrected chi connectivity index (χ4v) is 4.44. The molecule has 0 aromatic heterocycles. The maximum atomic E-state index is 14.2. The standard InChI is InChI=1S/C20H34F2N2O3.C10H10N2.C3H8.C2H6.C2H2/c1-5-7-8-16-13-15(9-10-20(16,21)22)14-24(18(25)26)17(6-2)23-12-11-19(3,4)27;1-3-12-10-5-4-9(7-11)6-8(10)2;1-3-2;2*1-2/h6,12,15-16,27H,5,7-11,13-14H2,1-4H3,(H,25,26);3-6H,1-2H3;3H2,1-2H3;1-2H3;1-2H/b17-6+,23-12-;;;;/t15-,16-;;;;/m1..../s1. The molecule has 0 unspecified atom stereocenters. The summed E-state index contributed by atoms with van der Waals surface area (Å²) in [6, 6.07) is 7.55. The molecule has 2 N–H and O–H groups in total. The topological polar surface area (TPSA) is 109 Å². The van der Waals surface area contributed by atoms with Crippen LogP contribution in [0.4, 0.5) is 19.3 Å². The molecule has 1 aliphatic carbocycles. The van der Waals surface area contributed by atoms with Crippen molar-refractivity contribution in [2.24, 2.45) is 21.8 Å². The Kier molecular flexibility index (Phi) is 27.1. The van der Waals surface area contributed by atoms with E-state index in [1.165, 1.54) is 12.6 Å². The molecule has 2 atom stereocenters. The van der Waals surface area contributed by atoms with Crippen LogP contribution in [-0.4, -0.2) is 51.7 Å². The van der Waals surface area contributed by atoms with Crippen molar-refractivity contribution in [3.8, 4) is 18.9 Å². The number of halogens is 2. The van der Waals surface area contributed by atoms with Gasteiger partial charge in [-0.15, -0.1) is 12.8 Å². The third-order valence-corrected chi connectivity index (χ3v) is 6.62. The van der Waals surface area contributed by atoms with Gasteiger partial charge in [-0.3, -0.25) is 9.89 Å². The first kappa shape index (κ1) is 46.9. The van der Waals surface area contributed by atoms with Gasteiger partial charge < -0.3 is 10.2 Å². The fraction of sp³-hybridized carbons (Fsp3) is 0.622. The van der Waals surface area contributed by atoms with E-state index < -0.39 is 23.5 Å². The van der Waals surface area contributed by atoms with Crippen LogP contribution in [0.1, 0.15) is 125 Å². The maximum absolute atomic E-state index is 14.2. The van der Waals surface area contributed by atoms with Crippen molar-refractivity contribution in [3.05, 3.63) is 41.2 Å². The lowest BCUT2D eigenvalue weighted by Crippen LogP contribution is -2.40. The smallest absolute Gasteiger partial charge is 0.413 e. The Morgan fingerprint density at radius 1 is 1.22 bits per heavy atom. The zero-order valence-electron chi connectivity index (χ0n) is 30.0. The molecule has 1 amide bonds. The molecule has 1 aromatic carbocycles. The predicted octanol–water partition coefficient (Wildman–Crippen LogP) is 10.6. The van der Waals surface area contributed by atoms with Gasteiger partial charge in [0.25, 0.3) is 5.92 Å². The molecular weight excluding hydrogens is 586 g/mol. The summed E-state index contributed by atoms with van der Waals surface area (Å²) in [5.74, 6) is -3.19. The van der Waals surface area contributed by atoms with E-state index in [0.29, 0.717) is 24.8 Å². The highest BCUT2D eigenvalue weighted by atomic mass is 19.3. The molecule has 260 valence electrons. The average Bonchev–Trinajstić information content (AvgIpc) is 3.01. The number of amides is 1. The van der Waals surface area contributed by atoms with Gasteiger partial charge in [0.1, 0.15) is 5.82 Å². The SMILES string of the molecule is C#C.C/C=C(\N=C/CC(C)(C)O)N(C[C@@H]1CCC(F)(F)[C@H](CCCC)C1)C(=O)O.CC.CC=Nc1ccc(C#N)cc1C.CCC. The highest BCUT2D eigenvalue weighted by Crippen LogP contribution is 2.44. The van der Waals surface area contributed by atoms with Gasteiger partial charge in [0, 0.05) is 37.7 Å². The van der Waals surface area contributed by atoms with Gasteiger partial charge in [-0.1, -0.05) is 53.9 Å². The van der Waals surface area contributed by atoms with E-state index >= 15 is 0 Å². The van der Waals surface area contributed by atoms with Gasteiger partial charge in [0.15, 0.2) is 0 Å². The van der Waals surface area contributed by atoms with Crippen molar-refractivity contribution in [2.75, 3.05) is 6.54 Å². The molecule has 0 radical (unpaired) electrons. The van der Waals surface area contributed by atoms with Gasteiger partial charge in [0.05, 0.1) is 22.9 Å². The predicted molar refractivity (Wildman–Crippen MR) is 190 cm³/mol. The average molecular weight is 647 g/mol. The summed E-state index contributed by atoms with van der Waals surface area (Å²) in [6.45, 7) is 19.2. The zero-order chi connectivity index (χ0) is 36.3. The quantitative estimate of drug-likeness (QED) is 0.195. The van der Waals surface area contributed by atoms with Crippen molar-refractivity contribution in [1.82, 2.24) is 4.90 Å². The largest absolute Gasteiger partial charge is 0.465 e. The number of unbranched alkanes of at least 4 members (excludes halogenated alkanes) is 1. The third-order valence-electron chi connectivity index (χ3n) is 6.62. The van der Waals surface area contributed by atoms with Crippen LogP contribution >= 0.6 is 0 Å². The number of aryl methyl sites for hydroxylation is 1. The molecule has 0 aliphatic heterocycles. The van der Waals surface area contributed by atoms with E-state index in [0.717, 1.165) is 29.0 Å². The van der Waals surface area contributed by atoms with Gasteiger partial charge in [0.2, 0.25) is 0 Å². The number of rotatable bonds is 10. The van der Waals surface area contributed by atoms with Gasteiger partial charge in [-0.05, 0) is 89.6 Å². The Balaban J connectivity index is -0.000000802. The van der Waals surface area contributed by atoms with Crippen molar-refractivity contribution in [2.45, 2.75) is 132 Å². The minimum atomic E-state index is -2.66. The summed E-state index contributed by atoms with van der Waals surface area (Å²) in [5.41, 5.74) is 1.71. The first-order chi connectivity index (χ1) is 21.7. The van der Waals surface area contributed by atoms with E-state index in [2.05, 4.69) is 42.7 Å². The minimum absolute atomic E-state index is 0.109. The summed E-state index contributed by atoms with van der Waals surface area (Å²) < 4.78 is 28.4. The van der Waals surface area contributed by atoms with Crippen LogP contribution in [0.3, 0.4) is 0 Å². The molecule has 0 spiro atoms. The first-order valence-electron chi connectivity index (χ1n) is 16.3. The summed E-state index contributed by atoms with van der Waals surface area (Å²) in [4.78, 5) is 21.2. The highest BCUT2D eigenvalue weighted by molar-refractivity contribution is 5.69. The van der Waals surface area contributed by atoms with Crippen molar-refractivity contribution in [1.29, 1.82) is 5.26 Å². The number of aliphatic hydroxyl groups is 1. The molecule has 7 nitrogen and oxygen atoms in total. The summed E-state index contributed by atoms with van der Waals surface area (Å²) in [7, 11) is 0. The molecule has 0 bridgehead atoms. The maximum Gasteiger partial charge on any atom is 0.413 e. The lowest BCUT2D eigenvalue weighted by Gasteiger charge is -2.37. The number of terminal acetylenes is 1. The lowest BCUT2D eigenvalue weighted by molar-refractivity contribution is -0.102. The molecule has 1 aromatic rings. The molecule has 46 heavy (non-hydrogen) atoms. The van der Waals surface area contributed by atoms with Crippen LogP contribution < -0.4 is 0 Å². The third kappa shape index (κ3) is 20.5. The van der Waals surface area contributed by atoms with Crippen LogP contribution in [0.25, 0.3) is 0 Å². The number of nitrogens with zero attached hydrogens (tertiary/aromatic N) is 4. The number of carbonyl (C=O) groups is 1. The second-order valence-corrected chi connectivity index (χ2v) is 11.3. The van der Waals surface area contributed by atoms with E-state index in [9.17, 15) is 23.8 Å². The van der Waals surface area contributed by atoms with Crippen molar-refractivity contribution < 1.29 is 23.8 Å². The van der Waals surface area contributed by atoms with Crippen LogP contribution in [0.15, 0.2) is 40.1 Å². The van der Waals surface area contributed by atoms with Gasteiger partial charge in [-0.2, -0.15) is 5.26 Å². The number of alkyl halides is 2. The molecule has 1 aliphatic rings. The number of nitriles is 1. The number of aliphatic imine (C=N–C) groups is 2. The number of hydrogen-bond acceptors (Lipinski definition) is 5. The fourth-order valence-electron chi connectivity index (χ4n) is 4.44. The first-order valence-corrected chi connectivity index (χ1v) is 16.3. The molecule has 2 rings (SSSR count). The van der Waals surface area contributed by atoms with Gasteiger partial charge in [-0.25, -0.2) is 18.6 Å². The molecule has 0 heterocycles. The van der Waals surface area contributed by atoms with Crippen molar-refractivity contribution >= 4 is 24.2 Å². The molecule has 0 saturated heterocycles. The Bertz CT molecular complexity index is 1120. The molecule has 1 fully saturated rings. The Morgan fingerprint density at radius 3 is 2.24 bits per heavy atom. The summed E-state index contributed by atoms with van der Waals surface area (Å²) >= 11 is 0. The number of allylic oxidation sites excluding steroid dienone is 1. The number of carboxylic acid groups (broad SMARTS) is 1. The Labute approximate surface area is 278 Å². The monoisotopic (exact) mass is 646 g/mol. The minimum Gasteiger partial charge on any atom is -0.465 e. The lowest BCUT2D eigenvalue weighted by atomic mass is 9.76. The van der Waals surface area contributed by atoms with E-state index in [4.69, 9.17) is 5.26 Å². The summed E-state index contributed by atoms with van der Waals surface area (Å²) in [5, 5.41) is 27.9. The number of benzene rings is 1. The van der Waals surface area contributed by atoms with Gasteiger partial charge >= 0.3 is 6.09 Å². The van der Waals surface area contributed by atoms with Crippen LogP contribution in [-0.2, 0) is 0 Å². The second-order valence-electron chi connectivity index (χ2n) is 11.3. The van der Waals surface area contributed by atoms with Crippen LogP contribution in [0, 0.1) is 42.9 Å². The zero-order valence-corrected chi connectivity index (χ0v) is 30.0. The van der Waals surface area contributed by atoms with E-state index in [1.807, 2.05) is 46.8 Å². The van der Waals surface area contributed by atoms with E-state index in [-0.39, 0.29) is 31.1 Å². The second kappa shape index (κ2) is 26.6. The van der Waals surface area contributed by atoms with Crippen LogP contribution in [0.2, 0.25) is 0 Å². The molecule has 1 saturated carbocycles. The van der Waals surface area contributed by atoms with Crippen molar-refractivity contribution in [3.63, 3.8) is 0 Å². The van der Waals surface area contributed by atoms with E-state index in [1.54, 1.807) is 39.1 Å².